The minimum Gasteiger partial charge on any atom is -0.493 e. The van der Waals surface area contributed by atoms with Gasteiger partial charge in [-0.3, -0.25) is 4.79 Å². The molecule has 0 N–H and O–H groups in total. The summed E-state index contributed by atoms with van der Waals surface area (Å²) in [6, 6.07) is 3.49. The molecule has 0 fully saturated rings. The van der Waals surface area contributed by atoms with Crippen molar-refractivity contribution in [2.75, 3.05) is 13.9 Å². The first-order valence-electron chi connectivity index (χ1n) is 4.56. The molecular weight excluding hydrogens is 232 g/mol. The fourth-order valence-electron chi connectivity index (χ4n) is 1.41. The number of hydrogen-bond acceptors (Lipinski definition) is 4. The van der Waals surface area contributed by atoms with E-state index in [9.17, 15) is 4.79 Å². The third kappa shape index (κ3) is 2.12. The summed E-state index contributed by atoms with van der Waals surface area (Å²) in [5.41, 5.74) is 0.759. The van der Waals surface area contributed by atoms with Crippen molar-refractivity contribution in [3.05, 3.63) is 23.8 Å². The Morgan fingerprint density at radius 1 is 1.50 bits per heavy atom. The first-order chi connectivity index (χ1) is 7.70. The number of methoxy groups -OCH3 is 1. The quantitative estimate of drug-likeness (QED) is 0.600. The molecule has 1 aromatic rings. The smallest absolute Gasteiger partial charge is 0.245 e. The van der Waals surface area contributed by atoms with Crippen LogP contribution in [0.4, 0.5) is 0 Å². The maximum absolute atomic E-state index is 10.6. The Morgan fingerprint density at radius 3 is 3.00 bits per heavy atom. The van der Waals surface area contributed by atoms with E-state index in [0.717, 1.165) is 5.56 Å². The van der Waals surface area contributed by atoms with Crippen LogP contribution < -0.4 is 14.2 Å². The van der Waals surface area contributed by atoms with Gasteiger partial charge in [0.25, 0.3) is 0 Å². The summed E-state index contributed by atoms with van der Waals surface area (Å²) in [7, 11) is 1.54. The first kappa shape index (κ1) is 10.8. The molecule has 0 aromatic heterocycles. The number of rotatable bonds is 3. The Morgan fingerprint density at radius 2 is 2.31 bits per heavy atom. The molecule has 0 bridgehead atoms. The number of carbonyl (C=O) groups excluding carboxylic acids is 1. The monoisotopic (exact) mass is 240 g/mol. The Bertz CT molecular complexity index is 454. The molecule has 0 unspecified atom stereocenters. The standard InChI is InChI=1S/C11H9ClO4/c1-14-8-4-7(2-3-10(12)13)5-9-11(8)16-6-15-9/h2-5H,6H2,1H3. The second-order valence-electron chi connectivity index (χ2n) is 3.09. The molecule has 2 rings (SSSR count). The molecule has 84 valence electrons. The van der Waals surface area contributed by atoms with Gasteiger partial charge in [0.2, 0.25) is 17.8 Å². The van der Waals surface area contributed by atoms with Gasteiger partial charge in [-0.25, -0.2) is 0 Å². The minimum atomic E-state index is -0.531. The molecule has 5 heteroatoms. The number of benzene rings is 1. The van der Waals surface area contributed by atoms with E-state index >= 15 is 0 Å². The highest BCUT2D eigenvalue weighted by Crippen LogP contribution is 2.42. The van der Waals surface area contributed by atoms with Crippen LogP contribution in [0.2, 0.25) is 0 Å². The number of carbonyl (C=O) groups is 1. The molecule has 1 aliphatic heterocycles. The maximum Gasteiger partial charge on any atom is 0.245 e. The predicted molar refractivity (Wildman–Crippen MR) is 59.0 cm³/mol. The third-order valence-electron chi connectivity index (χ3n) is 2.09. The van der Waals surface area contributed by atoms with Crippen LogP contribution in [-0.4, -0.2) is 19.1 Å². The fraction of sp³-hybridized carbons (Fsp3) is 0.182. The van der Waals surface area contributed by atoms with Crippen LogP contribution in [0.1, 0.15) is 5.56 Å². The van der Waals surface area contributed by atoms with Crippen molar-refractivity contribution in [3.63, 3.8) is 0 Å². The molecular formula is C11H9ClO4. The highest BCUT2D eigenvalue weighted by molar-refractivity contribution is 6.66. The molecule has 0 aliphatic carbocycles. The summed E-state index contributed by atoms with van der Waals surface area (Å²) in [6.07, 6.45) is 2.85. The molecule has 0 spiro atoms. The lowest BCUT2D eigenvalue weighted by Crippen LogP contribution is -1.93. The molecule has 16 heavy (non-hydrogen) atoms. The van der Waals surface area contributed by atoms with Crippen molar-refractivity contribution in [1.29, 1.82) is 0 Å². The molecule has 4 nitrogen and oxygen atoms in total. The topological polar surface area (TPSA) is 44.8 Å². The molecule has 0 saturated carbocycles. The summed E-state index contributed by atoms with van der Waals surface area (Å²) < 4.78 is 15.6. The summed E-state index contributed by atoms with van der Waals surface area (Å²) in [4.78, 5) is 10.6. The Hall–Kier alpha value is -1.68. The average molecular weight is 241 g/mol. The zero-order valence-electron chi connectivity index (χ0n) is 8.53. The van der Waals surface area contributed by atoms with Crippen LogP contribution >= 0.6 is 11.6 Å². The van der Waals surface area contributed by atoms with Gasteiger partial charge in [0.15, 0.2) is 11.5 Å². The van der Waals surface area contributed by atoms with E-state index in [1.807, 2.05) is 0 Å². The van der Waals surface area contributed by atoms with Gasteiger partial charge < -0.3 is 14.2 Å². The Balaban J connectivity index is 2.38. The van der Waals surface area contributed by atoms with E-state index in [-0.39, 0.29) is 6.79 Å². The van der Waals surface area contributed by atoms with E-state index in [2.05, 4.69) is 0 Å². The molecule has 1 heterocycles. The lowest BCUT2D eigenvalue weighted by Gasteiger charge is -2.05. The van der Waals surface area contributed by atoms with Gasteiger partial charge >= 0.3 is 0 Å². The zero-order valence-corrected chi connectivity index (χ0v) is 9.28. The van der Waals surface area contributed by atoms with Gasteiger partial charge in [0, 0.05) is 0 Å². The van der Waals surface area contributed by atoms with Crippen LogP contribution in [0, 0.1) is 0 Å². The lowest BCUT2D eigenvalue weighted by atomic mass is 10.1. The second-order valence-corrected chi connectivity index (χ2v) is 3.47. The molecule has 0 radical (unpaired) electrons. The summed E-state index contributed by atoms with van der Waals surface area (Å²) in [5.74, 6) is 1.74. The van der Waals surface area contributed by atoms with Gasteiger partial charge in [-0.15, -0.1) is 0 Å². The second kappa shape index (κ2) is 4.45. The predicted octanol–water partition coefficient (Wildman–Crippen LogP) is 2.20. The molecule has 0 saturated heterocycles. The molecule has 0 atom stereocenters. The van der Waals surface area contributed by atoms with Crippen LogP contribution in [-0.2, 0) is 4.79 Å². The van der Waals surface area contributed by atoms with Crippen molar-refractivity contribution in [2.45, 2.75) is 0 Å². The number of halogens is 1. The van der Waals surface area contributed by atoms with Gasteiger partial charge in [-0.1, -0.05) is 0 Å². The molecule has 0 amide bonds. The van der Waals surface area contributed by atoms with Crippen molar-refractivity contribution >= 4 is 22.9 Å². The van der Waals surface area contributed by atoms with E-state index in [1.165, 1.54) is 13.2 Å². The number of hydrogen-bond donors (Lipinski definition) is 0. The fourth-order valence-corrected chi connectivity index (χ4v) is 1.47. The van der Waals surface area contributed by atoms with Crippen molar-refractivity contribution < 1.29 is 19.0 Å². The zero-order chi connectivity index (χ0) is 11.5. The first-order valence-corrected chi connectivity index (χ1v) is 4.93. The maximum atomic E-state index is 10.6. The Kier molecular flexibility index (Phi) is 3.01. The highest BCUT2D eigenvalue weighted by atomic mass is 35.5. The van der Waals surface area contributed by atoms with Crippen molar-refractivity contribution in [3.8, 4) is 17.2 Å². The van der Waals surface area contributed by atoms with Gasteiger partial charge in [-0.05, 0) is 41.4 Å². The van der Waals surface area contributed by atoms with Crippen LogP contribution in [0.25, 0.3) is 6.08 Å². The van der Waals surface area contributed by atoms with Crippen LogP contribution in [0.3, 0.4) is 0 Å². The van der Waals surface area contributed by atoms with E-state index in [1.54, 1.807) is 18.2 Å². The normalized spacial score (nSPS) is 13.1. The minimum absolute atomic E-state index is 0.174. The SMILES string of the molecule is COc1cc(C=CC(=O)Cl)cc2c1OCO2. The van der Waals surface area contributed by atoms with E-state index in [0.29, 0.717) is 17.2 Å². The molecule has 1 aliphatic rings. The summed E-state index contributed by atoms with van der Waals surface area (Å²) >= 11 is 5.21. The van der Waals surface area contributed by atoms with E-state index < -0.39 is 5.24 Å². The van der Waals surface area contributed by atoms with Gasteiger partial charge in [0.05, 0.1) is 7.11 Å². The van der Waals surface area contributed by atoms with Crippen LogP contribution in [0.15, 0.2) is 18.2 Å². The van der Waals surface area contributed by atoms with Gasteiger partial charge in [0.1, 0.15) is 0 Å². The van der Waals surface area contributed by atoms with Crippen molar-refractivity contribution in [1.82, 2.24) is 0 Å². The van der Waals surface area contributed by atoms with Crippen LogP contribution in [0.5, 0.6) is 17.2 Å². The van der Waals surface area contributed by atoms with Gasteiger partial charge in [-0.2, -0.15) is 0 Å². The van der Waals surface area contributed by atoms with Crippen molar-refractivity contribution in [2.24, 2.45) is 0 Å². The Labute approximate surface area is 97.4 Å². The summed E-state index contributed by atoms with van der Waals surface area (Å²) in [5, 5.41) is -0.531. The third-order valence-corrected chi connectivity index (χ3v) is 2.21. The number of ether oxygens (including phenoxy) is 3. The van der Waals surface area contributed by atoms with E-state index in [4.69, 9.17) is 25.8 Å². The number of fused-ring (bicyclic) bond motifs is 1. The summed E-state index contributed by atoms with van der Waals surface area (Å²) in [6.45, 7) is 0.174. The molecule has 1 aromatic carbocycles. The largest absolute Gasteiger partial charge is 0.493 e. The number of allylic oxidation sites excluding steroid dienone is 1. The lowest BCUT2D eigenvalue weighted by molar-refractivity contribution is -0.107. The highest BCUT2D eigenvalue weighted by Gasteiger charge is 2.19. The average Bonchev–Trinajstić information content (AvgIpc) is 2.73.